The van der Waals surface area contributed by atoms with Crippen molar-refractivity contribution in [3.8, 4) is 5.75 Å². The molecule has 2 aromatic rings. The number of benzene rings is 2. The van der Waals surface area contributed by atoms with Crippen LogP contribution in [-0.2, 0) is 4.79 Å². The van der Waals surface area contributed by atoms with E-state index in [1.54, 1.807) is 12.1 Å². The zero-order chi connectivity index (χ0) is 18.5. The van der Waals surface area contributed by atoms with Gasteiger partial charge in [0.2, 0.25) is 0 Å². The largest absolute Gasteiger partial charge is 0.508 e. The highest BCUT2D eigenvalue weighted by Crippen LogP contribution is 2.46. The highest BCUT2D eigenvalue weighted by Gasteiger charge is 2.39. The van der Waals surface area contributed by atoms with Gasteiger partial charge < -0.3 is 15.7 Å². The first kappa shape index (κ1) is 17.2. The molecule has 2 aliphatic rings. The number of ketones is 1. The highest BCUT2D eigenvalue weighted by molar-refractivity contribution is 9.10. The normalized spacial score (nSPS) is 21.2. The van der Waals surface area contributed by atoms with Crippen molar-refractivity contribution in [3.05, 3.63) is 63.8 Å². The minimum atomic E-state index is -0.401. The molecule has 26 heavy (non-hydrogen) atoms. The van der Waals surface area contributed by atoms with E-state index in [0.29, 0.717) is 17.6 Å². The lowest BCUT2D eigenvalue weighted by atomic mass is 9.73. The number of para-hydroxylation sites is 2. The minimum absolute atomic E-state index is 0.0912. The van der Waals surface area contributed by atoms with Crippen LogP contribution in [0.4, 0.5) is 11.4 Å². The molecule has 0 amide bonds. The van der Waals surface area contributed by atoms with Crippen molar-refractivity contribution >= 4 is 33.1 Å². The summed E-state index contributed by atoms with van der Waals surface area (Å²) in [4.78, 5) is 13.1. The van der Waals surface area contributed by atoms with Gasteiger partial charge in [-0.3, -0.25) is 4.79 Å². The van der Waals surface area contributed by atoms with Crippen LogP contribution in [0, 0.1) is 5.41 Å². The Labute approximate surface area is 161 Å². The molecule has 5 heteroatoms. The molecule has 0 radical (unpaired) electrons. The predicted molar refractivity (Wildman–Crippen MR) is 107 cm³/mol. The number of anilines is 2. The number of carbonyl (C=O) groups excluding carboxylic acids is 1. The van der Waals surface area contributed by atoms with Gasteiger partial charge in [-0.05, 0) is 42.2 Å². The Bertz CT molecular complexity index is 933. The molecule has 0 unspecified atom stereocenters. The molecule has 0 spiro atoms. The van der Waals surface area contributed by atoms with E-state index in [1.165, 1.54) is 0 Å². The number of hydrogen-bond acceptors (Lipinski definition) is 4. The molecule has 2 aromatic carbocycles. The maximum absolute atomic E-state index is 13.1. The summed E-state index contributed by atoms with van der Waals surface area (Å²) < 4.78 is 0.864. The topological polar surface area (TPSA) is 61.4 Å². The Morgan fingerprint density at radius 2 is 1.85 bits per heavy atom. The van der Waals surface area contributed by atoms with E-state index in [9.17, 15) is 9.90 Å². The zero-order valence-corrected chi connectivity index (χ0v) is 16.4. The van der Waals surface area contributed by atoms with Crippen molar-refractivity contribution in [1.29, 1.82) is 0 Å². The molecule has 134 valence electrons. The van der Waals surface area contributed by atoms with Crippen LogP contribution in [0.2, 0.25) is 0 Å². The Balaban J connectivity index is 1.93. The van der Waals surface area contributed by atoms with Crippen LogP contribution in [0.5, 0.6) is 5.75 Å². The maximum atomic E-state index is 13.1. The van der Waals surface area contributed by atoms with Gasteiger partial charge >= 0.3 is 0 Å². The zero-order valence-electron chi connectivity index (χ0n) is 14.8. The SMILES string of the molecule is CC1(C)CC(=O)C2=C(C1)Nc1ccccc1N[C@H]2c1cc(Br)ccc1O. The second-order valence-corrected chi connectivity index (χ2v) is 8.70. The molecule has 0 saturated heterocycles. The first-order valence-corrected chi connectivity index (χ1v) is 9.51. The average molecular weight is 413 g/mol. The summed E-state index contributed by atoms with van der Waals surface area (Å²) >= 11 is 3.48. The van der Waals surface area contributed by atoms with Crippen molar-refractivity contribution in [3.63, 3.8) is 0 Å². The molecule has 4 nitrogen and oxygen atoms in total. The number of nitrogens with one attached hydrogen (secondary N) is 2. The molecule has 0 saturated carbocycles. The van der Waals surface area contributed by atoms with Crippen molar-refractivity contribution in [1.82, 2.24) is 0 Å². The van der Waals surface area contributed by atoms with Crippen LogP contribution in [0.1, 0.15) is 38.3 Å². The minimum Gasteiger partial charge on any atom is -0.508 e. The molecule has 3 N–H and O–H groups in total. The van der Waals surface area contributed by atoms with Crippen LogP contribution >= 0.6 is 15.9 Å². The smallest absolute Gasteiger partial charge is 0.163 e. The van der Waals surface area contributed by atoms with Crippen LogP contribution < -0.4 is 10.6 Å². The number of hydrogen-bond donors (Lipinski definition) is 3. The van der Waals surface area contributed by atoms with E-state index in [2.05, 4.69) is 40.4 Å². The van der Waals surface area contributed by atoms with Crippen LogP contribution in [-0.4, -0.2) is 10.9 Å². The van der Waals surface area contributed by atoms with Crippen molar-refractivity contribution in [2.45, 2.75) is 32.7 Å². The molecule has 0 bridgehead atoms. The van der Waals surface area contributed by atoms with Gasteiger partial charge in [0.15, 0.2) is 5.78 Å². The molecule has 1 aliphatic heterocycles. The van der Waals surface area contributed by atoms with Crippen LogP contribution in [0.25, 0.3) is 0 Å². The maximum Gasteiger partial charge on any atom is 0.163 e. The monoisotopic (exact) mass is 412 g/mol. The Morgan fingerprint density at radius 3 is 2.62 bits per heavy atom. The first-order chi connectivity index (χ1) is 12.3. The Hall–Kier alpha value is -2.27. The summed E-state index contributed by atoms with van der Waals surface area (Å²) in [7, 11) is 0. The van der Waals surface area contributed by atoms with E-state index in [1.807, 2.05) is 30.3 Å². The van der Waals surface area contributed by atoms with E-state index in [4.69, 9.17) is 0 Å². The summed E-state index contributed by atoms with van der Waals surface area (Å²) in [5, 5.41) is 17.5. The molecule has 1 heterocycles. The van der Waals surface area contributed by atoms with Gasteiger partial charge in [-0.25, -0.2) is 0 Å². The third-order valence-corrected chi connectivity index (χ3v) is 5.51. The van der Waals surface area contributed by atoms with Gasteiger partial charge in [0.25, 0.3) is 0 Å². The first-order valence-electron chi connectivity index (χ1n) is 8.71. The van der Waals surface area contributed by atoms with Gasteiger partial charge in [-0.15, -0.1) is 0 Å². The molecule has 0 fully saturated rings. The summed E-state index contributed by atoms with van der Waals surface area (Å²) in [5.41, 5.74) is 4.12. The van der Waals surface area contributed by atoms with E-state index < -0.39 is 6.04 Å². The number of aromatic hydroxyl groups is 1. The average Bonchev–Trinajstić information content (AvgIpc) is 2.72. The summed E-state index contributed by atoms with van der Waals surface area (Å²) in [6.07, 6.45) is 1.28. The van der Waals surface area contributed by atoms with Crippen LogP contribution in [0.15, 0.2) is 58.2 Å². The lowest BCUT2D eigenvalue weighted by Gasteiger charge is -2.34. The molecule has 0 aromatic heterocycles. The number of halogens is 1. The van der Waals surface area contributed by atoms with Gasteiger partial charge in [-0.2, -0.15) is 0 Å². The molecule has 4 rings (SSSR count). The molecule has 1 aliphatic carbocycles. The molecular formula is C21H21BrN2O2. The van der Waals surface area contributed by atoms with Crippen molar-refractivity contribution in [2.75, 3.05) is 10.6 Å². The third kappa shape index (κ3) is 3.01. The highest BCUT2D eigenvalue weighted by atomic mass is 79.9. The van der Waals surface area contributed by atoms with Crippen molar-refractivity contribution < 1.29 is 9.90 Å². The lowest BCUT2D eigenvalue weighted by Crippen LogP contribution is -2.31. The molecular weight excluding hydrogens is 392 g/mol. The Morgan fingerprint density at radius 1 is 1.12 bits per heavy atom. The number of allylic oxidation sites excluding steroid dienone is 1. The summed E-state index contributed by atoms with van der Waals surface area (Å²) in [6.45, 7) is 4.23. The number of rotatable bonds is 1. The standard InChI is InChI=1S/C21H21BrN2O2/c1-21(2)10-16-19(18(26)11-21)20(13-9-12(22)7-8-17(13)25)24-15-6-4-3-5-14(15)23-16/h3-9,20,23-25H,10-11H2,1-2H3/t20-/m0/s1. The summed E-state index contributed by atoms with van der Waals surface area (Å²) in [5.74, 6) is 0.294. The number of phenolic OH excluding ortho intramolecular Hbond substituents is 1. The van der Waals surface area contributed by atoms with Crippen LogP contribution in [0.3, 0.4) is 0 Å². The Kier molecular flexibility index (Phi) is 4.07. The number of fused-ring (bicyclic) bond motifs is 1. The van der Waals surface area contributed by atoms with E-state index in [-0.39, 0.29) is 16.9 Å². The number of phenols is 1. The number of Topliss-reactive ketones (excluding diaryl/α,β-unsaturated/α-hetero) is 1. The fourth-order valence-electron chi connectivity index (χ4n) is 3.88. The third-order valence-electron chi connectivity index (χ3n) is 5.02. The molecule has 1 atom stereocenters. The second kappa shape index (κ2) is 6.16. The predicted octanol–water partition coefficient (Wildman–Crippen LogP) is 5.38. The van der Waals surface area contributed by atoms with Gasteiger partial charge in [0.1, 0.15) is 5.75 Å². The quantitative estimate of drug-likeness (QED) is 0.588. The van der Waals surface area contributed by atoms with Gasteiger partial charge in [0.05, 0.1) is 17.4 Å². The van der Waals surface area contributed by atoms with E-state index >= 15 is 0 Å². The van der Waals surface area contributed by atoms with Gasteiger partial charge in [-0.1, -0.05) is 41.9 Å². The van der Waals surface area contributed by atoms with E-state index in [0.717, 1.165) is 28.0 Å². The summed E-state index contributed by atoms with van der Waals surface area (Å²) in [6, 6.07) is 12.8. The second-order valence-electron chi connectivity index (χ2n) is 7.78. The van der Waals surface area contributed by atoms with Crippen molar-refractivity contribution in [2.24, 2.45) is 5.41 Å². The fourth-order valence-corrected chi connectivity index (χ4v) is 4.26. The lowest BCUT2D eigenvalue weighted by molar-refractivity contribution is -0.118. The number of carbonyl (C=O) groups is 1. The fraction of sp³-hybridized carbons (Fsp3) is 0.286. The van der Waals surface area contributed by atoms with Gasteiger partial charge in [0, 0.05) is 27.7 Å².